The summed E-state index contributed by atoms with van der Waals surface area (Å²) in [4.78, 5) is 60.0. The van der Waals surface area contributed by atoms with Gasteiger partial charge >= 0.3 is 5.97 Å². The number of nitrogens with one attached hydrogen (secondary N) is 2. The highest BCUT2D eigenvalue weighted by atomic mass is 32.2. The average Bonchev–Trinajstić information content (AvgIpc) is 3.34. The highest BCUT2D eigenvalue weighted by Gasteiger charge is 2.54. The average molecular weight is 576 g/mol. The van der Waals surface area contributed by atoms with Gasteiger partial charge in [0.1, 0.15) is 35.2 Å². The summed E-state index contributed by atoms with van der Waals surface area (Å²) < 4.78 is 1.47. The number of pyridine rings is 1. The van der Waals surface area contributed by atoms with Crippen LogP contribution in [0.2, 0.25) is 0 Å². The number of tetrazole rings is 1. The van der Waals surface area contributed by atoms with Crippen molar-refractivity contribution in [2.75, 3.05) is 23.4 Å². The van der Waals surface area contributed by atoms with Gasteiger partial charge in [-0.1, -0.05) is 36.3 Å². The highest BCUT2D eigenvalue weighted by Crippen LogP contribution is 2.41. The molecule has 1 unspecified atom stereocenters. The molecule has 4 heterocycles. The summed E-state index contributed by atoms with van der Waals surface area (Å²) >= 11 is 2.60. The van der Waals surface area contributed by atoms with Crippen molar-refractivity contribution in [2.45, 2.75) is 36.3 Å². The van der Waals surface area contributed by atoms with Crippen LogP contribution in [0.5, 0.6) is 0 Å². The molecule has 0 spiro atoms. The quantitative estimate of drug-likeness (QED) is 0.0736. The number of carboxylic acids is 1. The van der Waals surface area contributed by atoms with Gasteiger partial charge < -0.3 is 20.6 Å². The van der Waals surface area contributed by atoms with Gasteiger partial charge in [-0.3, -0.25) is 19.3 Å². The largest absolute Gasteiger partial charge is 0.477 e. The molecule has 1 saturated heterocycles. The molecule has 0 radical (unpaired) electrons. The Balaban J connectivity index is 1.51. The minimum Gasteiger partial charge on any atom is -0.477 e. The van der Waals surface area contributed by atoms with Crippen LogP contribution in [0, 0.1) is 0 Å². The second-order valence-electron chi connectivity index (χ2n) is 8.29. The second kappa shape index (κ2) is 12.7. The molecule has 0 saturated carbocycles. The number of thioether (sulfide) groups is 2. The Kier molecular flexibility index (Phi) is 9.13. The fourth-order valence-corrected chi connectivity index (χ4v) is 6.07. The first-order chi connectivity index (χ1) is 18.8. The number of hydrogen-bond acceptors (Lipinski definition) is 12. The number of aliphatic carboxylic acids is 1. The number of anilines is 1. The van der Waals surface area contributed by atoms with Crippen molar-refractivity contribution in [3.8, 4) is 0 Å². The van der Waals surface area contributed by atoms with Crippen molar-refractivity contribution in [3.05, 3.63) is 35.2 Å². The van der Waals surface area contributed by atoms with Gasteiger partial charge in [0.2, 0.25) is 11.6 Å². The van der Waals surface area contributed by atoms with E-state index in [1.54, 1.807) is 13.1 Å². The van der Waals surface area contributed by atoms with E-state index in [9.17, 15) is 24.3 Å². The Morgan fingerprint density at radius 3 is 2.90 bits per heavy atom. The van der Waals surface area contributed by atoms with E-state index in [0.717, 1.165) is 6.42 Å². The number of nitrogens with zero attached hydrogens (tertiary/aromatic N) is 7. The number of β-lactam (4-membered cyclic amide) rings is 1. The lowest BCUT2D eigenvalue weighted by Crippen LogP contribution is -2.71. The minimum atomic E-state index is -1.24. The molecule has 17 heteroatoms. The number of carboxylic acid groups (broad SMARTS) is 1. The van der Waals surface area contributed by atoms with Crippen molar-refractivity contribution in [3.63, 3.8) is 0 Å². The van der Waals surface area contributed by atoms with E-state index >= 15 is 0 Å². The Labute approximate surface area is 230 Å². The van der Waals surface area contributed by atoms with Crippen LogP contribution in [0.25, 0.3) is 0 Å². The number of hydrogen-bond donors (Lipinski definition) is 3. The maximum Gasteiger partial charge on any atom is 0.352 e. The van der Waals surface area contributed by atoms with Gasteiger partial charge in [-0.25, -0.2) is 14.5 Å². The van der Waals surface area contributed by atoms with Crippen LogP contribution >= 0.6 is 23.5 Å². The maximum absolute atomic E-state index is 13.3. The minimum absolute atomic E-state index is 0.108. The Bertz CT molecular complexity index is 1330. The topological polar surface area (TPSA) is 194 Å². The third kappa shape index (κ3) is 6.19. The predicted octanol–water partition coefficient (Wildman–Crippen LogP) is 0.225. The van der Waals surface area contributed by atoms with Gasteiger partial charge in [0.15, 0.2) is 5.71 Å². The molecule has 15 nitrogen and oxygen atoms in total. The van der Waals surface area contributed by atoms with Crippen LogP contribution in [-0.2, 0) is 31.1 Å². The van der Waals surface area contributed by atoms with Gasteiger partial charge in [-0.15, -0.1) is 16.9 Å². The monoisotopic (exact) mass is 575 g/mol. The van der Waals surface area contributed by atoms with Gasteiger partial charge in [0.25, 0.3) is 11.8 Å². The first kappa shape index (κ1) is 28.0. The van der Waals surface area contributed by atoms with Crippen molar-refractivity contribution in [1.29, 1.82) is 0 Å². The molecule has 2 atom stereocenters. The van der Waals surface area contributed by atoms with E-state index in [1.807, 2.05) is 6.92 Å². The first-order valence-corrected chi connectivity index (χ1v) is 13.8. The van der Waals surface area contributed by atoms with Gasteiger partial charge in [-0.05, 0) is 34.6 Å². The molecule has 1 fully saturated rings. The van der Waals surface area contributed by atoms with Crippen LogP contribution in [0.15, 0.2) is 39.8 Å². The molecule has 2 aromatic rings. The van der Waals surface area contributed by atoms with Crippen molar-refractivity contribution in [1.82, 2.24) is 35.4 Å². The number of aromatic nitrogens is 5. The molecular weight excluding hydrogens is 550 g/mol. The van der Waals surface area contributed by atoms with Crippen LogP contribution in [0.3, 0.4) is 0 Å². The van der Waals surface area contributed by atoms with E-state index in [-0.39, 0.29) is 35.3 Å². The zero-order chi connectivity index (χ0) is 27.9. The number of oxime groups is 1. The molecule has 2 aliphatic heterocycles. The van der Waals surface area contributed by atoms with E-state index in [0.29, 0.717) is 29.3 Å². The first-order valence-electron chi connectivity index (χ1n) is 11.8. The fraction of sp³-hybridized carbons (Fsp3) is 0.409. The molecule has 3 amide bonds. The summed E-state index contributed by atoms with van der Waals surface area (Å²) in [6.07, 6.45) is 2.02. The molecule has 4 rings (SSSR count). The normalized spacial score (nSPS) is 18.8. The summed E-state index contributed by atoms with van der Waals surface area (Å²) in [5, 5.41) is 30.0. The highest BCUT2D eigenvalue weighted by molar-refractivity contribution is 8.01. The lowest BCUT2D eigenvalue weighted by Gasteiger charge is -2.49. The van der Waals surface area contributed by atoms with Crippen LogP contribution < -0.4 is 10.6 Å². The Morgan fingerprint density at radius 1 is 1.38 bits per heavy atom. The van der Waals surface area contributed by atoms with Gasteiger partial charge in [-0.2, -0.15) is 0 Å². The van der Waals surface area contributed by atoms with Crippen LogP contribution in [0.1, 0.15) is 25.5 Å². The summed E-state index contributed by atoms with van der Waals surface area (Å²) in [5.74, 6) is -1.71. The lowest BCUT2D eigenvalue weighted by molar-refractivity contribution is -0.150. The molecule has 0 aliphatic carbocycles. The molecule has 206 valence electrons. The van der Waals surface area contributed by atoms with E-state index in [2.05, 4.69) is 36.3 Å². The SMILES string of the molecule is CCCCON=C(C(=O)NC1C(=O)N2C(C(=O)O)=C(CSc3nnnn3C)CS[C@H]12)c1cccc(NC=O)n1. The smallest absolute Gasteiger partial charge is 0.352 e. The van der Waals surface area contributed by atoms with Gasteiger partial charge in [0, 0.05) is 18.6 Å². The molecule has 39 heavy (non-hydrogen) atoms. The molecule has 3 N–H and O–H groups in total. The number of aryl methyl sites for hydroxylation is 1. The molecule has 2 aromatic heterocycles. The standard InChI is InChI=1S/C22H25N9O6S2/c1-3-4-8-37-27-15(13-6-5-7-14(24-13)23-11-32)18(33)25-16-19(34)31-17(21(35)36)12(9-38-20(16)31)10-39-22-26-28-29-30(22)2/h5-7,11,16,20H,3-4,8-10H2,1-2H3,(H,25,33)(H,35,36)(H,23,24,32)/t16?,20-/m1/s1. The van der Waals surface area contributed by atoms with Crippen molar-refractivity contribution >= 4 is 59.2 Å². The van der Waals surface area contributed by atoms with E-state index in [4.69, 9.17) is 4.84 Å². The number of carbonyl (C=O) groups is 4. The van der Waals surface area contributed by atoms with Crippen LogP contribution in [-0.4, -0.2) is 94.6 Å². The molecule has 2 aliphatic rings. The molecule has 0 bridgehead atoms. The number of carbonyl (C=O) groups excluding carboxylic acids is 3. The zero-order valence-electron chi connectivity index (χ0n) is 20.9. The number of rotatable bonds is 13. The number of unbranched alkanes of at least 4 members (excludes halogenated alkanes) is 1. The second-order valence-corrected chi connectivity index (χ2v) is 10.3. The van der Waals surface area contributed by atoms with Crippen molar-refractivity contribution < 1.29 is 29.1 Å². The Morgan fingerprint density at radius 2 is 2.21 bits per heavy atom. The summed E-state index contributed by atoms with van der Waals surface area (Å²) in [6, 6.07) is 3.65. The third-order valence-electron chi connectivity index (χ3n) is 5.65. The summed E-state index contributed by atoms with van der Waals surface area (Å²) in [7, 11) is 1.67. The third-order valence-corrected chi connectivity index (χ3v) is 8.09. The van der Waals surface area contributed by atoms with E-state index in [1.165, 1.54) is 45.2 Å². The van der Waals surface area contributed by atoms with Gasteiger partial charge in [0.05, 0.1) is 0 Å². The predicted molar refractivity (Wildman–Crippen MR) is 141 cm³/mol. The molecular formula is C22H25N9O6S2. The van der Waals surface area contributed by atoms with E-state index < -0.39 is 29.2 Å². The fourth-order valence-electron chi connectivity index (χ4n) is 3.73. The number of amides is 3. The lowest BCUT2D eigenvalue weighted by atomic mass is 10.0. The number of fused-ring (bicyclic) bond motifs is 1. The van der Waals surface area contributed by atoms with Crippen molar-refractivity contribution in [2.24, 2.45) is 12.2 Å². The molecule has 0 aromatic carbocycles. The Hall–Kier alpha value is -3.99. The van der Waals surface area contributed by atoms with Crippen LogP contribution in [0.4, 0.5) is 5.82 Å². The summed E-state index contributed by atoms with van der Waals surface area (Å²) in [5.41, 5.74) is 0.378. The summed E-state index contributed by atoms with van der Waals surface area (Å²) in [6.45, 7) is 2.25. The maximum atomic E-state index is 13.3. The zero-order valence-corrected chi connectivity index (χ0v) is 22.6.